The first-order valence-corrected chi connectivity index (χ1v) is 12.4. The minimum atomic E-state index is -0.329. The van der Waals surface area contributed by atoms with Gasteiger partial charge in [-0.3, -0.25) is 4.79 Å². The molecule has 0 aliphatic rings. The highest BCUT2D eigenvalue weighted by molar-refractivity contribution is 9.10. The number of amides is 1. The summed E-state index contributed by atoms with van der Waals surface area (Å²) in [4.78, 5) is 13.3. The third-order valence-electron chi connectivity index (χ3n) is 5.19. The normalized spacial score (nSPS) is 11.8. The van der Waals surface area contributed by atoms with E-state index < -0.39 is 0 Å². The third-order valence-corrected chi connectivity index (χ3v) is 5.84. The zero-order valence-electron chi connectivity index (χ0n) is 20.9. The summed E-state index contributed by atoms with van der Waals surface area (Å²) < 4.78 is 21.2. The number of carbonyl (C=O) groups excluding carboxylic acids is 1. The smallest absolute Gasteiger partial charge is 0.252 e. The minimum absolute atomic E-state index is 0.196. The number of nitrogens with one attached hydrogen (secondary N) is 1. The maximum atomic E-state index is 13.3. The standard InChI is InChI=1S/C25H25BrFN3O2.C3H8/c1-5-19(20-15-28-30(23(20)7-3)18-11-9-17(27)10-12-18)25(31)29-22(6-2)16-8-13-21(26)24(14-16)32-4;1-3-2/h5,7-15,22H,3,6H2,1-2,4H3,(H,29,31);3H2,1-2H3/b19-5+;. The van der Waals surface area contributed by atoms with Crippen molar-refractivity contribution in [1.29, 1.82) is 0 Å². The first kappa shape index (κ1) is 28.1. The molecule has 0 spiro atoms. The number of rotatable bonds is 8. The molecule has 0 saturated heterocycles. The maximum absolute atomic E-state index is 13.3. The van der Waals surface area contributed by atoms with Gasteiger partial charge in [-0.1, -0.05) is 45.9 Å². The summed E-state index contributed by atoms with van der Waals surface area (Å²) in [5.41, 5.74) is 3.40. The van der Waals surface area contributed by atoms with E-state index >= 15 is 0 Å². The molecule has 5 nitrogen and oxygen atoms in total. The third kappa shape index (κ3) is 6.92. The molecule has 0 radical (unpaired) electrons. The van der Waals surface area contributed by atoms with Gasteiger partial charge in [-0.2, -0.15) is 5.10 Å². The van der Waals surface area contributed by atoms with Gasteiger partial charge in [-0.15, -0.1) is 0 Å². The summed E-state index contributed by atoms with van der Waals surface area (Å²) >= 11 is 3.46. The van der Waals surface area contributed by atoms with Crippen molar-refractivity contribution in [1.82, 2.24) is 15.1 Å². The Morgan fingerprint density at radius 2 is 1.89 bits per heavy atom. The van der Waals surface area contributed by atoms with E-state index in [1.807, 2.05) is 25.1 Å². The van der Waals surface area contributed by atoms with Gasteiger partial charge in [0.05, 0.1) is 35.2 Å². The molecule has 3 aromatic rings. The van der Waals surface area contributed by atoms with E-state index in [9.17, 15) is 9.18 Å². The first-order chi connectivity index (χ1) is 16.8. The van der Waals surface area contributed by atoms with Gasteiger partial charge in [0.15, 0.2) is 0 Å². The van der Waals surface area contributed by atoms with Gasteiger partial charge in [-0.05, 0) is 77.3 Å². The monoisotopic (exact) mass is 541 g/mol. The molecule has 1 atom stereocenters. The fraction of sp³-hybridized carbons (Fsp3) is 0.286. The summed E-state index contributed by atoms with van der Waals surface area (Å²) in [7, 11) is 1.61. The lowest BCUT2D eigenvalue weighted by Crippen LogP contribution is -2.29. The lowest BCUT2D eigenvalue weighted by atomic mass is 10.0. The number of benzene rings is 2. The molecule has 0 aliphatic heterocycles. The van der Waals surface area contributed by atoms with Crippen molar-refractivity contribution in [3.05, 3.63) is 88.4 Å². The van der Waals surface area contributed by atoms with Crippen LogP contribution < -0.4 is 10.1 Å². The molecule has 1 aromatic heterocycles. The number of methoxy groups -OCH3 is 1. The molecule has 1 heterocycles. The minimum Gasteiger partial charge on any atom is -0.496 e. The molecule has 0 saturated carbocycles. The summed E-state index contributed by atoms with van der Waals surface area (Å²) in [5.74, 6) is 0.156. The highest BCUT2D eigenvalue weighted by Crippen LogP contribution is 2.30. The molecule has 1 amide bonds. The second-order valence-corrected chi connectivity index (χ2v) is 8.63. The van der Waals surface area contributed by atoms with Crippen molar-refractivity contribution in [2.45, 2.75) is 46.6 Å². The fourth-order valence-corrected chi connectivity index (χ4v) is 3.92. The van der Waals surface area contributed by atoms with Gasteiger partial charge in [0.25, 0.3) is 5.91 Å². The SMILES string of the molecule is C=Cc1c(/C(=C\C)C(=O)NC(CC)c2ccc(Br)c(OC)c2)cnn1-c1ccc(F)cc1.CCC. The second-order valence-electron chi connectivity index (χ2n) is 7.77. The first-order valence-electron chi connectivity index (χ1n) is 11.6. The van der Waals surface area contributed by atoms with E-state index in [-0.39, 0.29) is 17.8 Å². The number of hydrogen-bond acceptors (Lipinski definition) is 3. The van der Waals surface area contributed by atoms with Gasteiger partial charge >= 0.3 is 0 Å². The van der Waals surface area contributed by atoms with Crippen LogP contribution in [0.1, 0.15) is 63.4 Å². The van der Waals surface area contributed by atoms with Crippen LogP contribution in [0, 0.1) is 5.82 Å². The molecular weight excluding hydrogens is 509 g/mol. The number of hydrogen-bond donors (Lipinski definition) is 1. The number of halogens is 2. The van der Waals surface area contributed by atoms with Crippen molar-refractivity contribution < 1.29 is 13.9 Å². The summed E-state index contributed by atoms with van der Waals surface area (Å²) in [6.07, 6.45) is 6.97. The highest BCUT2D eigenvalue weighted by Gasteiger charge is 2.22. The van der Waals surface area contributed by atoms with Crippen LogP contribution in [0.3, 0.4) is 0 Å². The van der Waals surface area contributed by atoms with Crippen LogP contribution in [0.25, 0.3) is 17.3 Å². The van der Waals surface area contributed by atoms with Gasteiger partial charge in [0.2, 0.25) is 0 Å². The van der Waals surface area contributed by atoms with E-state index in [2.05, 4.69) is 46.8 Å². The molecule has 0 fully saturated rings. The molecule has 186 valence electrons. The average molecular weight is 542 g/mol. The van der Waals surface area contributed by atoms with Crippen LogP contribution in [0.15, 0.2) is 65.8 Å². The largest absolute Gasteiger partial charge is 0.496 e. The van der Waals surface area contributed by atoms with Crippen LogP contribution in [-0.4, -0.2) is 22.8 Å². The Kier molecular flexibility index (Phi) is 10.9. The van der Waals surface area contributed by atoms with Crippen molar-refractivity contribution in [3.63, 3.8) is 0 Å². The Bertz CT molecular complexity index is 1170. The van der Waals surface area contributed by atoms with Crippen molar-refractivity contribution in [2.24, 2.45) is 0 Å². The number of ether oxygens (including phenoxy) is 1. The van der Waals surface area contributed by atoms with E-state index in [1.54, 1.807) is 49.2 Å². The van der Waals surface area contributed by atoms with Crippen molar-refractivity contribution in [2.75, 3.05) is 7.11 Å². The highest BCUT2D eigenvalue weighted by atomic mass is 79.9. The number of nitrogens with zero attached hydrogens (tertiary/aromatic N) is 2. The summed E-state index contributed by atoms with van der Waals surface area (Å²) in [5, 5.41) is 7.52. The van der Waals surface area contributed by atoms with E-state index in [4.69, 9.17) is 4.74 Å². The zero-order chi connectivity index (χ0) is 26.0. The van der Waals surface area contributed by atoms with E-state index in [0.717, 1.165) is 10.0 Å². The van der Waals surface area contributed by atoms with Crippen LogP contribution in [-0.2, 0) is 4.79 Å². The van der Waals surface area contributed by atoms with Crippen LogP contribution in [0.2, 0.25) is 0 Å². The topological polar surface area (TPSA) is 56.1 Å². The Hall–Kier alpha value is -3.19. The Morgan fingerprint density at radius 1 is 1.23 bits per heavy atom. The number of aromatic nitrogens is 2. The van der Waals surface area contributed by atoms with Gasteiger partial charge in [-0.25, -0.2) is 9.07 Å². The van der Waals surface area contributed by atoms with Crippen LogP contribution in [0.4, 0.5) is 4.39 Å². The lowest BCUT2D eigenvalue weighted by molar-refractivity contribution is -0.116. The molecule has 2 aromatic carbocycles. The second kappa shape index (κ2) is 13.6. The molecule has 35 heavy (non-hydrogen) atoms. The molecule has 3 rings (SSSR count). The zero-order valence-corrected chi connectivity index (χ0v) is 22.5. The Labute approximate surface area is 215 Å². The predicted octanol–water partition coefficient (Wildman–Crippen LogP) is 7.51. The molecule has 0 bridgehead atoms. The number of allylic oxidation sites excluding steroid dienone is 1. The van der Waals surface area contributed by atoms with Gasteiger partial charge in [0.1, 0.15) is 11.6 Å². The number of carbonyl (C=O) groups is 1. The van der Waals surface area contributed by atoms with Crippen LogP contribution in [0.5, 0.6) is 5.75 Å². The quantitative estimate of drug-likeness (QED) is 0.300. The Balaban J connectivity index is 0.00000137. The molecule has 7 heteroatoms. The predicted molar refractivity (Wildman–Crippen MR) is 145 cm³/mol. The van der Waals surface area contributed by atoms with Crippen molar-refractivity contribution in [3.8, 4) is 11.4 Å². The lowest BCUT2D eigenvalue weighted by Gasteiger charge is -2.20. The molecule has 1 unspecified atom stereocenters. The van der Waals surface area contributed by atoms with Gasteiger partial charge in [0, 0.05) is 11.1 Å². The summed E-state index contributed by atoms with van der Waals surface area (Å²) in [6, 6.07) is 11.6. The van der Waals surface area contributed by atoms with Crippen LogP contribution >= 0.6 is 15.9 Å². The van der Waals surface area contributed by atoms with E-state index in [1.165, 1.54) is 18.6 Å². The molecule has 0 aliphatic carbocycles. The molecule has 1 N–H and O–H groups in total. The molecular formula is C28H33BrFN3O2. The van der Waals surface area contributed by atoms with Crippen molar-refractivity contribution >= 4 is 33.5 Å². The Morgan fingerprint density at radius 3 is 2.43 bits per heavy atom. The average Bonchev–Trinajstić information content (AvgIpc) is 3.28. The maximum Gasteiger partial charge on any atom is 0.252 e. The van der Waals surface area contributed by atoms with Gasteiger partial charge < -0.3 is 10.1 Å². The van der Waals surface area contributed by atoms with E-state index in [0.29, 0.717) is 34.7 Å². The fourth-order valence-electron chi connectivity index (χ4n) is 3.51. The summed E-state index contributed by atoms with van der Waals surface area (Å²) in [6.45, 7) is 12.0.